The summed E-state index contributed by atoms with van der Waals surface area (Å²) in [5, 5.41) is 20.8. The maximum Gasteiger partial charge on any atom is 0.333 e. The number of halogens is 1. The van der Waals surface area contributed by atoms with Gasteiger partial charge in [0, 0.05) is 0 Å². The van der Waals surface area contributed by atoms with Gasteiger partial charge in [-0.3, -0.25) is 15.2 Å². The van der Waals surface area contributed by atoms with Crippen molar-refractivity contribution in [1.29, 1.82) is 0 Å². The van der Waals surface area contributed by atoms with Crippen molar-refractivity contribution in [3.63, 3.8) is 0 Å². The van der Waals surface area contributed by atoms with Crippen molar-refractivity contribution in [2.45, 2.75) is 0 Å². The smallest absolute Gasteiger partial charge is 0.258 e. The van der Waals surface area contributed by atoms with Crippen molar-refractivity contribution in [3.05, 3.63) is 33.7 Å². The first-order chi connectivity index (χ1) is 6.68. The van der Waals surface area contributed by atoms with Crippen LogP contribution >= 0.6 is 11.6 Å². The number of nitro groups is 1. The van der Waals surface area contributed by atoms with E-state index in [-0.39, 0.29) is 11.5 Å². The van der Waals surface area contributed by atoms with Gasteiger partial charge in [0.2, 0.25) is 5.82 Å². The van der Waals surface area contributed by atoms with E-state index < -0.39 is 4.92 Å². The van der Waals surface area contributed by atoms with E-state index in [2.05, 4.69) is 15.3 Å². The SMILES string of the molecule is O=[N+]([O-])c1cn[nH]c1-n1cc(Cl)cn1. The second-order valence-electron chi connectivity index (χ2n) is 2.46. The Balaban J connectivity index is 2.51. The molecule has 2 aromatic heterocycles. The predicted octanol–water partition coefficient (Wildman–Crippen LogP) is 1.16. The predicted molar refractivity (Wildman–Crippen MR) is 47.4 cm³/mol. The molecule has 0 amide bonds. The Hall–Kier alpha value is -1.89. The number of hydrogen-bond acceptors (Lipinski definition) is 4. The van der Waals surface area contributed by atoms with Crippen LogP contribution in [0.3, 0.4) is 0 Å². The zero-order valence-corrected chi connectivity index (χ0v) is 7.47. The lowest BCUT2D eigenvalue weighted by Crippen LogP contribution is -1.99. The average Bonchev–Trinajstić information content (AvgIpc) is 2.70. The summed E-state index contributed by atoms with van der Waals surface area (Å²) in [7, 11) is 0. The highest BCUT2D eigenvalue weighted by molar-refractivity contribution is 6.30. The molecule has 0 saturated carbocycles. The molecule has 0 aliphatic carbocycles. The Morgan fingerprint density at radius 1 is 1.57 bits per heavy atom. The molecule has 0 spiro atoms. The van der Waals surface area contributed by atoms with Gasteiger partial charge in [-0.05, 0) is 0 Å². The topological polar surface area (TPSA) is 89.6 Å². The zero-order valence-electron chi connectivity index (χ0n) is 6.72. The summed E-state index contributed by atoms with van der Waals surface area (Å²) < 4.78 is 1.26. The molecule has 0 radical (unpaired) electrons. The lowest BCUT2D eigenvalue weighted by molar-refractivity contribution is -0.384. The standard InChI is InChI=1S/C6H4ClN5O2/c7-4-1-9-11(3-4)6-5(12(13)14)2-8-10-6/h1-3H,(H,8,10). The summed E-state index contributed by atoms with van der Waals surface area (Å²) in [4.78, 5) is 9.99. The van der Waals surface area contributed by atoms with Crippen molar-refractivity contribution in [2.24, 2.45) is 0 Å². The van der Waals surface area contributed by atoms with Crippen molar-refractivity contribution in [3.8, 4) is 5.82 Å². The van der Waals surface area contributed by atoms with E-state index in [0.717, 1.165) is 6.20 Å². The van der Waals surface area contributed by atoms with E-state index in [9.17, 15) is 10.1 Å². The van der Waals surface area contributed by atoms with E-state index in [1.807, 2.05) is 0 Å². The van der Waals surface area contributed by atoms with Crippen LogP contribution in [0.25, 0.3) is 5.82 Å². The van der Waals surface area contributed by atoms with Gasteiger partial charge >= 0.3 is 5.69 Å². The summed E-state index contributed by atoms with van der Waals surface area (Å²) in [6, 6.07) is 0. The summed E-state index contributed by atoms with van der Waals surface area (Å²) in [6.45, 7) is 0. The molecule has 2 heterocycles. The largest absolute Gasteiger partial charge is 0.333 e. The lowest BCUT2D eigenvalue weighted by Gasteiger charge is -1.94. The quantitative estimate of drug-likeness (QED) is 0.599. The number of hydrogen-bond donors (Lipinski definition) is 1. The number of nitrogens with zero attached hydrogens (tertiary/aromatic N) is 4. The molecule has 7 nitrogen and oxygen atoms in total. The Bertz CT molecular complexity index is 476. The third-order valence-corrected chi connectivity index (χ3v) is 1.77. The highest BCUT2D eigenvalue weighted by atomic mass is 35.5. The molecule has 0 aliphatic heterocycles. The van der Waals surface area contributed by atoms with E-state index >= 15 is 0 Å². The van der Waals surface area contributed by atoms with E-state index in [1.54, 1.807) is 0 Å². The van der Waals surface area contributed by atoms with Crippen LogP contribution in [0, 0.1) is 10.1 Å². The molecule has 8 heteroatoms. The molecule has 2 rings (SSSR count). The minimum atomic E-state index is -0.547. The minimum absolute atomic E-state index is 0.148. The second-order valence-corrected chi connectivity index (χ2v) is 2.90. The molecule has 0 aliphatic rings. The Kier molecular flexibility index (Phi) is 1.93. The van der Waals surface area contributed by atoms with Crippen LogP contribution in [0.2, 0.25) is 5.02 Å². The van der Waals surface area contributed by atoms with Gasteiger partial charge in [0.25, 0.3) is 0 Å². The first-order valence-electron chi connectivity index (χ1n) is 3.57. The molecular formula is C6H4ClN5O2. The van der Waals surface area contributed by atoms with Crippen molar-refractivity contribution >= 4 is 17.3 Å². The molecule has 0 aromatic carbocycles. The molecule has 2 aromatic rings. The summed E-state index contributed by atoms with van der Waals surface area (Å²) in [6.07, 6.45) is 3.94. The van der Waals surface area contributed by atoms with E-state index in [4.69, 9.17) is 11.6 Å². The fraction of sp³-hybridized carbons (Fsp3) is 0. The van der Waals surface area contributed by atoms with Gasteiger partial charge in [-0.1, -0.05) is 11.6 Å². The minimum Gasteiger partial charge on any atom is -0.258 e. The van der Waals surface area contributed by atoms with Crippen LogP contribution in [0.15, 0.2) is 18.6 Å². The molecule has 14 heavy (non-hydrogen) atoms. The summed E-state index contributed by atoms with van der Waals surface area (Å²) >= 11 is 5.62. The summed E-state index contributed by atoms with van der Waals surface area (Å²) in [5.41, 5.74) is -0.148. The highest BCUT2D eigenvalue weighted by Crippen LogP contribution is 2.19. The van der Waals surface area contributed by atoms with Gasteiger partial charge in [0.15, 0.2) is 0 Å². The number of aromatic nitrogens is 4. The molecule has 0 fully saturated rings. The number of aromatic amines is 1. The maximum atomic E-state index is 10.5. The number of nitrogens with one attached hydrogen (secondary N) is 1. The van der Waals surface area contributed by atoms with Crippen molar-refractivity contribution < 1.29 is 4.92 Å². The van der Waals surface area contributed by atoms with Gasteiger partial charge in [-0.25, -0.2) is 4.68 Å². The fourth-order valence-electron chi connectivity index (χ4n) is 0.998. The van der Waals surface area contributed by atoms with Crippen LogP contribution in [0.4, 0.5) is 5.69 Å². The molecular weight excluding hydrogens is 210 g/mol. The van der Waals surface area contributed by atoms with Crippen LogP contribution < -0.4 is 0 Å². The van der Waals surface area contributed by atoms with E-state index in [1.165, 1.54) is 17.1 Å². The monoisotopic (exact) mass is 213 g/mol. The van der Waals surface area contributed by atoms with Gasteiger partial charge in [0.05, 0.1) is 22.3 Å². The van der Waals surface area contributed by atoms with E-state index in [0.29, 0.717) is 5.02 Å². The number of H-pyrrole nitrogens is 1. The van der Waals surface area contributed by atoms with Crippen LogP contribution in [0.5, 0.6) is 0 Å². The first kappa shape index (κ1) is 8.70. The molecule has 1 N–H and O–H groups in total. The van der Waals surface area contributed by atoms with Gasteiger partial charge in [-0.2, -0.15) is 10.2 Å². The van der Waals surface area contributed by atoms with Crippen LogP contribution in [0.1, 0.15) is 0 Å². The maximum absolute atomic E-state index is 10.5. The molecule has 0 bridgehead atoms. The van der Waals surface area contributed by atoms with Gasteiger partial charge in [-0.15, -0.1) is 0 Å². The number of rotatable bonds is 2. The normalized spacial score (nSPS) is 10.4. The van der Waals surface area contributed by atoms with Crippen molar-refractivity contribution in [1.82, 2.24) is 20.0 Å². The fourth-order valence-corrected chi connectivity index (χ4v) is 1.13. The highest BCUT2D eigenvalue weighted by Gasteiger charge is 2.18. The average molecular weight is 214 g/mol. The van der Waals surface area contributed by atoms with Crippen LogP contribution in [-0.2, 0) is 0 Å². The lowest BCUT2D eigenvalue weighted by atomic mass is 10.5. The summed E-state index contributed by atoms with van der Waals surface area (Å²) in [5.74, 6) is 0.182. The molecule has 0 unspecified atom stereocenters. The zero-order chi connectivity index (χ0) is 10.1. The first-order valence-corrected chi connectivity index (χ1v) is 3.94. The Morgan fingerprint density at radius 3 is 2.93 bits per heavy atom. The third kappa shape index (κ3) is 1.33. The van der Waals surface area contributed by atoms with Gasteiger partial charge < -0.3 is 0 Å². The molecule has 0 atom stereocenters. The molecule has 0 saturated heterocycles. The van der Waals surface area contributed by atoms with Crippen LogP contribution in [-0.4, -0.2) is 24.9 Å². The third-order valence-electron chi connectivity index (χ3n) is 1.58. The van der Waals surface area contributed by atoms with Gasteiger partial charge in [0.1, 0.15) is 6.20 Å². The Morgan fingerprint density at radius 2 is 2.36 bits per heavy atom. The van der Waals surface area contributed by atoms with Crippen molar-refractivity contribution in [2.75, 3.05) is 0 Å². The Labute approximate surface area is 82.4 Å². The molecule has 72 valence electrons. The second kappa shape index (κ2) is 3.11.